The van der Waals surface area contributed by atoms with E-state index in [-0.39, 0.29) is 33.5 Å². The van der Waals surface area contributed by atoms with Gasteiger partial charge in [0, 0.05) is 0 Å². The number of carboxylic acid groups (broad SMARTS) is 1. The lowest BCUT2D eigenvalue weighted by Gasteiger charge is -2.07. The summed E-state index contributed by atoms with van der Waals surface area (Å²) in [6, 6.07) is -0.713. The molecule has 3 nitrogen and oxygen atoms in total. The summed E-state index contributed by atoms with van der Waals surface area (Å²) in [4.78, 5) is 10.0. The van der Waals surface area contributed by atoms with E-state index in [4.69, 9.17) is 10.8 Å². The first-order valence-electron chi connectivity index (χ1n) is 2.54. The van der Waals surface area contributed by atoms with Gasteiger partial charge in [0.1, 0.15) is 6.04 Å². The van der Waals surface area contributed by atoms with E-state index >= 15 is 0 Å². The van der Waals surface area contributed by atoms with Crippen LogP contribution in [0.1, 0.15) is 13.8 Å². The molecule has 0 rings (SSSR count). The Hall–Kier alpha value is -0.430. The van der Waals surface area contributed by atoms with Gasteiger partial charge in [-0.3, -0.25) is 18.9 Å². The minimum Gasteiger partial charge on any atom is -0.480 e. The molecule has 0 saturated heterocycles. The number of halogens is 3. The van der Waals surface area contributed by atoms with Crippen molar-refractivity contribution < 1.29 is 24.0 Å². The van der Waals surface area contributed by atoms with Crippen LogP contribution >= 0.6 is 13.5 Å². The Morgan fingerprint density at radius 1 is 1.25 bits per heavy atom. The van der Waals surface area contributed by atoms with Gasteiger partial charge in [-0.15, -0.1) is 0 Å². The van der Waals surface area contributed by atoms with E-state index in [1.165, 1.54) is 0 Å². The van der Waals surface area contributed by atoms with Gasteiger partial charge in [0.2, 0.25) is 0 Å². The number of rotatable bonds is 2. The average Bonchev–Trinajstić information content (AvgIpc) is 1.64. The molecule has 0 fully saturated rings. The summed E-state index contributed by atoms with van der Waals surface area (Å²) >= 11 is 0. The van der Waals surface area contributed by atoms with E-state index in [1.807, 2.05) is 0 Å². The zero-order valence-electron chi connectivity index (χ0n) is 6.81. The Morgan fingerprint density at radius 2 is 1.50 bits per heavy atom. The molecule has 0 spiro atoms. The molecule has 0 radical (unpaired) electrons. The van der Waals surface area contributed by atoms with Crippen molar-refractivity contribution in [1.29, 1.82) is 0 Å². The van der Waals surface area contributed by atoms with Gasteiger partial charge < -0.3 is 10.8 Å². The molecule has 0 aromatic heterocycles. The lowest BCUT2D eigenvalue weighted by Crippen LogP contribution is -2.34. The van der Waals surface area contributed by atoms with Crippen LogP contribution in [0.5, 0.6) is 0 Å². The standard InChI is InChI=1S/C5H11NO2.3FH.H2S/c1-3(2)4(6)5(7)8;;;;/h3-4H,6H2,1-2H3,(H,7,8);3*1H;1H2/t4-;;;;/m0..../s1. The minimum atomic E-state index is -0.931. The minimum absolute atomic E-state index is 0. The molecule has 0 bridgehead atoms. The second kappa shape index (κ2) is 13.2. The van der Waals surface area contributed by atoms with Crippen molar-refractivity contribution in [3.05, 3.63) is 0 Å². The van der Waals surface area contributed by atoms with E-state index in [2.05, 4.69) is 0 Å². The third-order valence-electron chi connectivity index (χ3n) is 1.00. The topological polar surface area (TPSA) is 63.3 Å². The van der Waals surface area contributed by atoms with Crippen molar-refractivity contribution in [1.82, 2.24) is 0 Å². The van der Waals surface area contributed by atoms with Gasteiger partial charge in [0.05, 0.1) is 0 Å². The molecule has 0 aromatic carbocycles. The predicted octanol–water partition coefficient (Wildman–Crippen LogP) is 0.625. The molecule has 3 N–H and O–H groups in total. The lowest BCUT2D eigenvalue weighted by molar-refractivity contribution is -0.139. The molecular formula is C5H16F3NO2S. The molecule has 7 heteroatoms. The molecule has 0 heterocycles. The largest absolute Gasteiger partial charge is 0.480 e. The maximum atomic E-state index is 10.0. The molecular weight excluding hydrogens is 195 g/mol. The predicted molar refractivity (Wildman–Crippen MR) is 48.3 cm³/mol. The van der Waals surface area contributed by atoms with Gasteiger partial charge in [-0.05, 0) is 5.92 Å². The maximum absolute atomic E-state index is 10.0. The van der Waals surface area contributed by atoms with Crippen LogP contribution in [0.25, 0.3) is 0 Å². The van der Waals surface area contributed by atoms with E-state index in [0.29, 0.717) is 0 Å². The van der Waals surface area contributed by atoms with Gasteiger partial charge in [-0.2, -0.15) is 13.5 Å². The van der Waals surface area contributed by atoms with Crippen molar-refractivity contribution in [2.24, 2.45) is 11.7 Å². The van der Waals surface area contributed by atoms with Crippen LogP contribution in [0.4, 0.5) is 14.1 Å². The Bertz CT molecular complexity index is 105. The van der Waals surface area contributed by atoms with Crippen LogP contribution in [-0.4, -0.2) is 17.1 Å². The number of nitrogens with two attached hydrogens (primary N) is 1. The molecule has 0 aliphatic heterocycles. The molecule has 0 amide bonds. The highest BCUT2D eigenvalue weighted by Crippen LogP contribution is 1.96. The Balaban J connectivity index is -0.0000000408. The molecule has 0 unspecified atom stereocenters. The van der Waals surface area contributed by atoms with E-state index in [0.717, 1.165) is 0 Å². The van der Waals surface area contributed by atoms with Crippen molar-refractivity contribution in [2.45, 2.75) is 19.9 Å². The summed E-state index contributed by atoms with van der Waals surface area (Å²) in [6.45, 7) is 3.55. The van der Waals surface area contributed by atoms with Crippen LogP contribution in [0, 0.1) is 5.92 Å². The van der Waals surface area contributed by atoms with Gasteiger partial charge in [-0.1, -0.05) is 13.8 Å². The normalized spacial score (nSPS) is 9.33. The number of aliphatic carboxylic acids is 1. The second-order valence-corrected chi connectivity index (χ2v) is 2.11. The first kappa shape index (κ1) is 29.9. The molecule has 0 aromatic rings. The molecule has 0 aliphatic carbocycles. The SMILES string of the molecule is CC(C)[C@H](N)C(=O)O.F.F.F.S. The van der Waals surface area contributed by atoms with Crippen molar-refractivity contribution in [3.8, 4) is 0 Å². The van der Waals surface area contributed by atoms with Gasteiger partial charge >= 0.3 is 5.97 Å². The summed E-state index contributed by atoms with van der Waals surface area (Å²) < 4.78 is 0. The fraction of sp³-hybridized carbons (Fsp3) is 0.800. The smallest absolute Gasteiger partial charge is 0.320 e. The molecule has 0 saturated carbocycles. The fourth-order valence-electron chi connectivity index (χ4n) is 0.285. The Morgan fingerprint density at radius 3 is 1.50 bits per heavy atom. The highest BCUT2D eigenvalue weighted by atomic mass is 32.1. The van der Waals surface area contributed by atoms with E-state index < -0.39 is 12.0 Å². The van der Waals surface area contributed by atoms with E-state index in [9.17, 15) is 4.79 Å². The number of hydrogen-bond acceptors (Lipinski definition) is 2. The van der Waals surface area contributed by atoms with Gasteiger partial charge in [-0.25, -0.2) is 0 Å². The average molecular weight is 211 g/mol. The van der Waals surface area contributed by atoms with E-state index in [1.54, 1.807) is 13.8 Å². The maximum Gasteiger partial charge on any atom is 0.320 e. The van der Waals surface area contributed by atoms with Crippen molar-refractivity contribution >= 4 is 19.5 Å². The third-order valence-corrected chi connectivity index (χ3v) is 1.00. The number of carboxylic acids is 1. The summed E-state index contributed by atoms with van der Waals surface area (Å²) in [7, 11) is 0. The van der Waals surface area contributed by atoms with Crippen LogP contribution in [0.15, 0.2) is 0 Å². The Labute approximate surface area is 75.9 Å². The zero-order valence-corrected chi connectivity index (χ0v) is 7.81. The fourth-order valence-corrected chi connectivity index (χ4v) is 0.285. The monoisotopic (exact) mass is 211 g/mol. The summed E-state index contributed by atoms with van der Waals surface area (Å²) in [5.74, 6) is -0.910. The number of hydrogen-bond donors (Lipinski definition) is 2. The molecule has 1 atom stereocenters. The first-order valence-corrected chi connectivity index (χ1v) is 2.54. The van der Waals surface area contributed by atoms with Crippen LogP contribution < -0.4 is 5.73 Å². The highest BCUT2D eigenvalue weighted by molar-refractivity contribution is 7.59. The van der Waals surface area contributed by atoms with Crippen LogP contribution in [0.3, 0.4) is 0 Å². The van der Waals surface area contributed by atoms with Crippen molar-refractivity contribution in [2.75, 3.05) is 0 Å². The zero-order chi connectivity index (χ0) is 6.73. The summed E-state index contributed by atoms with van der Waals surface area (Å²) in [5.41, 5.74) is 5.16. The highest BCUT2D eigenvalue weighted by Gasteiger charge is 2.14. The number of carbonyl (C=O) groups is 1. The Kier molecular flexibility index (Phi) is 32.9. The van der Waals surface area contributed by atoms with Gasteiger partial charge in [0.15, 0.2) is 0 Å². The van der Waals surface area contributed by atoms with Crippen molar-refractivity contribution in [3.63, 3.8) is 0 Å². The van der Waals surface area contributed by atoms with Gasteiger partial charge in [0.25, 0.3) is 0 Å². The third kappa shape index (κ3) is 12.3. The lowest BCUT2D eigenvalue weighted by atomic mass is 10.1. The molecule has 0 aliphatic rings. The van der Waals surface area contributed by atoms with Crippen LogP contribution in [0.2, 0.25) is 0 Å². The second-order valence-electron chi connectivity index (χ2n) is 2.11. The molecule has 80 valence electrons. The summed E-state index contributed by atoms with van der Waals surface area (Å²) in [5, 5.41) is 8.23. The van der Waals surface area contributed by atoms with Crippen LogP contribution in [-0.2, 0) is 4.79 Å². The first-order chi connectivity index (χ1) is 3.55. The molecule has 12 heavy (non-hydrogen) atoms. The summed E-state index contributed by atoms with van der Waals surface area (Å²) in [6.07, 6.45) is 0. The quantitative estimate of drug-likeness (QED) is 0.704.